The van der Waals surface area contributed by atoms with E-state index in [0.29, 0.717) is 0 Å². The van der Waals surface area contributed by atoms with Crippen LogP contribution < -0.4 is 14.7 Å². The summed E-state index contributed by atoms with van der Waals surface area (Å²) in [5.74, 6) is -25.0. The van der Waals surface area contributed by atoms with Gasteiger partial charge in [0, 0.05) is 0 Å². The van der Waals surface area contributed by atoms with Gasteiger partial charge in [0.2, 0.25) is 11.6 Å². The highest BCUT2D eigenvalue weighted by Gasteiger charge is 3.00. The Balaban J connectivity index is 2.72. The molecule has 0 aromatic heterocycles. The van der Waals surface area contributed by atoms with Gasteiger partial charge in [-0.05, 0) is 0 Å². The zero-order valence-corrected chi connectivity index (χ0v) is 9.70. The monoisotopic (exact) mass is 338 g/mol. The van der Waals surface area contributed by atoms with Crippen LogP contribution in [0.25, 0.3) is 0 Å². The molecule has 0 saturated heterocycles. The molecule has 1 aliphatic carbocycles. The molecule has 0 aliphatic heterocycles. The Hall–Kier alpha value is -1.63. The molecule has 0 amide bonds. The minimum Gasteiger partial charge on any atom is -0.860 e. The fourth-order valence-corrected chi connectivity index (χ4v) is 1.81. The number of rotatable bonds is 3. The van der Waals surface area contributed by atoms with Gasteiger partial charge in [0.25, 0.3) is 5.67 Å². The molecule has 1 saturated carbocycles. The summed E-state index contributed by atoms with van der Waals surface area (Å²) in [6.07, 6.45) is 0. The van der Waals surface area contributed by atoms with Gasteiger partial charge in [0.15, 0.2) is 17.4 Å². The van der Waals surface area contributed by atoms with Crippen LogP contribution in [0.1, 0.15) is 5.56 Å². The van der Waals surface area contributed by atoms with Gasteiger partial charge >= 0.3 is 11.8 Å². The summed E-state index contributed by atoms with van der Waals surface area (Å²) in [6, 6.07) is 0. The first-order valence-corrected chi connectivity index (χ1v) is 5.11. The van der Waals surface area contributed by atoms with Crippen molar-refractivity contribution in [3.8, 4) is 5.75 Å². The summed E-state index contributed by atoms with van der Waals surface area (Å²) >= 11 is 0. The largest absolute Gasteiger partial charge is 0.860 e. The molecule has 13 heteroatoms. The molecular formula is C9BF9O3-2. The second kappa shape index (κ2) is 4.44. The summed E-state index contributed by atoms with van der Waals surface area (Å²) in [5, 5.41) is 20.1. The Bertz CT molecular complexity index is 605. The van der Waals surface area contributed by atoms with Gasteiger partial charge in [-0.3, -0.25) is 0 Å². The maximum absolute atomic E-state index is 13.6. The lowest BCUT2D eigenvalue weighted by Gasteiger charge is -2.27. The van der Waals surface area contributed by atoms with Crippen LogP contribution in [-0.4, -0.2) is 19.2 Å². The number of alkyl halides is 5. The molecule has 1 fully saturated rings. The van der Waals surface area contributed by atoms with E-state index in [0.717, 1.165) is 0 Å². The molecule has 2 rings (SSSR count). The molecule has 22 heavy (non-hydrogen) atoms. The predicted octanol–water partition coefficient (Wildman–Crippen LogP) is 0.776. The number of hydrogen-bond acceptors (Lipinski definition) is 3. The van der Waals surface area contributed by atoms with Gasteiger partial charge in [-0.1, -0.05) is 0 Å². The van der Waals surface area contributed by atoms with Gasteiger partial charge in [0.1, 0.15) is 7.32 Å². The number of benzene rings is 1. The van der Waals surface area contributed by atoms with Crippen LogP contribution in [0.5, 0.6) is 5.75 Å². The lowest BCUT2D eigenvalue weighted by molar-refractivity contribution is -0.372. The van der Waals surface area contributed by atoms with E-state index < -0.39 is 59.4 Å². The van der Waals surface area contributed by atoms with Crippen LogP contribution in [0, 0.1) is 23.3 Å². The Morgan fingerprint density at radius 3 is 1.36 bits per heavy atom. The van der Waals surface area contributed by atoms with Crippen LogP contribution in [0.15, 0.2) is 0 Å². The quantitative estimate of drug-likeness (QED) is 0.465. The Labute approximate surface area is 115 Å². The standard InChI is InChI=1S/C9BF9O3/c11-2-1(7(15)8(16,17)9(7,18)19)3(12)5(14)6(4(2)13)22-10(20)21/q-2. The first kappa shape index (κ1) is 16.7. The second-order valence-electron chi connectivity index (χ2n) is 4.17. The SMILES string of the molecule is [O-]B([O-])Oc1c(F)c(F)c(C2(F)C(F)(F)C2(F)F)c(F)c1F. The van der Waals surface area contributed by atoms with Crippen LogP contribution in [0.4, 0.5) is 39.5 Å². The minimum atomic E-state index is -5.62. The molecule has 0 spiro atoms. The zero-order chi connectivity index (χ0) is 17.2. The summed E-state index contributed by atoms with van der Waals surface area (Å²) < 4.78 is 121. The van der Waals surface area contributed by atoms with Crippen LogP contribution >= 0.6 is 0 Å². The third-order valence-corrected chi connectivity index (χ3v) is 2.98. The molecule has 0 radical (unpaired) electrons. The molecule has 0 unspecified atom stereocenters. The van der Waals surface area contributed by atoms with E-state index in [1.54, 1.807) is 0 Å². The van der Waals surface area contributed by atoms with E-state index >= 15 is 0 Å². The van der Waals surface area contributed by atoms with E-state index in [1.807, 2.05) is 0 Å². The second-order valence-corrected chi connectivity index (χ2v) is 4.17. The lowest BCUT2D eigenvalue weighted by atomic mass is 10.0. The van der Waals surface area contributed by atoms with Crippen molar-refractivity contribution in [1.82, 2.24) is 0 Å². The smallest absolute Gasteiger partial charge is 0.357 e. The zero-order valence-electron chi connectivity index (χ0n) is 9.70. The Morgan fingerprint density at radius 2 is 1.09 bits per heavy atom. The van der Waals surface area contributed by atoms with Gasteiger partial charge in [-0.2, -0.15) is 26.3 Å². The van der Waals surface area contributed by atoms with Crippen molar-refractivity contribution in [2.45, 2.75) is 17.5 Å². The first-order chi connectivity index (χ1) is 9.82. The van der Waals surface area contributed by atoms with E-state index in [1.165, 1.54) is 0 Å². The average Bonchev–Trinajstić information content (AvgIpc) is 2.70. The molecule has 0 heterocycles. The van der Waals surface area contributed by atoms with Crippen molar-refractivity contribution in [3.05, 3.63) is 28.8 Å². The number of halogens is 9. The van der Waals surface area contributed by atoms with Gasteiger partial charge < -0.3 is 14.7 Å². The highest BCUT2D eigenvalue weighted by atomic mass is 19.3. The van der Waals surface area contributed by atoms with E-state index in [9.17, 15) is 49.6 Å². The Morgan fingerprint density at radius 1 is 0.727 bits per heavy atom. The average molecular weight is 338 g/mol. The van der Waals surface area contributed by atoms with E-state index in [-0.39, 0.29) is 0 Å². The van der Waals surface area contributed by atoms with Gasteiger partial charge in [0.05, 0.1) is 5.56 Å². The fraction of sp³-hybridized carbons (Fsp3) is 0.333. The topological polar surface area (TPSA) is 55.3 Å². The summed E-state index contributed by atoms with van der Waals surface area (Å²) in [5.41, 5.74) is -8.24. The van der Waals surface area contributed by atoms with Crippen molar-refractivity contribution in [2.75, 3.05) is 0 Å². The van der Waals surface area contributed by atoms with Crippen LogP contribution in [-0.2, 0) is 5.67 Å². The third kappa shape index (κ3) is 1.69. The maximum atomic E-state index is 13.6. The number of hydrogen-bond donors (Lipinski definition) is 0. The molecule has 122 valence electrons. The Kier molecular flexibility index (Phi) is 3.38. The molecule has 1 aliphatic rings. The molecule has 3 nitrogen and oxygen atoms in total. The molecule has 1 aromatic carbocycles. The summed E-state index contributed by atoms with van der Waals surface area (Å²) in [6.45, 7) is 0. The fourth-order valence-electron chi connectivity index (χ4n) is 1.81. The van der Waals surface area contributed by atoms with E-state index in [4.69, 9.17) is 0 Å². The predicted molar refractivity (Wildman–Crippen MR) is 45.3 cm³/mol. The molecule has 0 atom stereocenters. The molecule has 0 bridgehead atoms. The highest BCUT2D eigenvalue weighted by Crippen LogP contribution is 2.74. The summed E-state index contributed by atoms with van der Waals surface area (Å²) in [7, 11) is -3.49. The normalized spacial score (nSPS) is 20.7. The van der Waals surface area contributed by atoms with Crippen LogP contribution in [0.2, 0.25) is 0 Å². The van der Waals surface area contributed by atoms with Gasteiger partial charge in [-0.25, -0.2) is 13.2 Å². The van der Waals surface area contributed by atoms with Crippen molar-refractivity contribution in [2.24, 2.45) is 0 Å². The molecular weight excluding hydrogens is 338 g/mol. The first-order valence-electron chi connectivity index (χ1n) is 5.11. The lowest BCUT2D eigenvalue weighted by Crippen LogP contribution is -2.51. The summed E-state index contributed by atoms with van der Waals surface area (Å²) in [4.78, 5) is 0. The van der Waals surface area contributed by atoms with Crippen LogP contribution in [0.3, 0.4) is 0 Å². The van der Waals surface area contributed by atoms with Crippen molar-refractivity contribution < 1.29 is 54.2 Å². The van der Waals surface area contributed by atoms with E-state index in [2.05, 4.69) is 4.65 Å². The van der Waals surface area contributed by atoms with Crippen molar-refractivity contribution in [1.29, 1.82) is 0 Å². The van der Waals surface area contributed by atoms with Crippen molar-refractivity contribution >= 4 is 7.32 Å². The highest BCUT2D eigenvalue weighted by molar-refractivity contribution is 6.29. The minimum absolute atomic E-state index is 2.27. The van der Waals surface area contributed by atoms with Gasteiger partial charge in [-0.15, -0.1) is 0 Å². The third-order valence-electron chi connectivity index (χ3n) is 2.98. The molecule has 1 aromatic rings. The van der Waals surface area contributed by atoms with Crippen molar-refractivity contribution in [3.63, 3.8) is 0 Å². The maximum Gasteiger partial charge on any atom is 0.357 e. The molecule has 0 N–H and O–H groups in total.